The molecular formula is C14H21NO. The summed E-state index contributed by atoms with van der Waals surface area (Å²) in [5, 5.41) is 9.35. The Hall–Kier alpha value is -0.860. The zero-order valence-electron chi connectivity index (χ0n) is 10.1. The van der Waals surface area contributed by atoms with Crippen LogP contribution < -0.4 is 0 Å². The van der Waals surface area contributed by atoms with E-state index in [2.05, 4.69) is 42.2 Å². The van der Waals surface area contributed by atoms with Gasteiger partial charge in [0.25, 0.3) is 0 Å². The van der Waals surface area contributed by atoms with Gasteiger partial charge in [0.15, 0.2) is 0 Å². The predicted molar refractivity (Wildman–Crippen MR) is 66.5 cm³/mol. The minimum atomic E-state index is -0.189. The van der Waals surface area contributed by atoms with Gasteiger partial charge in [0.1, 0.15) is 0 Å². The summed E-state index contributed by atoms with van der Waals surface area (Å²) < 4.78 is 0. The molecule has 0 amide bonds. The maximum atomic E-state index is 9.35. The zero-order chi connectivity index (χ0) is 11.5. The van der Waals surface area contributed by atoms with Crippen molar-refractivity contribution in [3.63, 3.8) is 0 Å². The number of hydrogen-bond acceptors (Lipinski definition) is 2. The molecule has 1 saturated heterocycles. The van der Waals surface area contributed by atoms with Gasteiger partial charge in [-0.1, -0.05) is 30.3 Å². The topological polar surface area (TPSA) is 23.5 Å². The first kappa shape index (κ1) is 11.6. The Morgan fingerprint density at radius 3 is 2.44 bits per heavy atom. The Kier molecular flexibility index (Phi) is 3.62. The van der Waals surface area contributed by atoms with Crippen LogP contribution in [0, 0.1) is 0 Å². The molecule has 1 heterocycles. The highest BCUT2D eigenvalue weighted by atomic mass is 16.3. The first-order valence-corrected chi connectivity index (χ1v) is 6.14. The third-order valence-corrected chi connectivity index (χ3v) is 3.49. The minimum Gasteiger partial charge on any atom is -0.393 e. The van der Waals surface area contributed by atoms with Gasteiger partial charge in [-0.2, -0.15) is 0 Å². The number of aliphatic hydroxyl groups excluding tert-OH is 1. The molecule has 2 rings (SSSR count). The molecule has 0 saturated carbocycles. The molecule has 1 fully saturated rings. The van der Waals surface area contributed by atoms with Crippen LogP contribution in [0.2, 0.25) is 0 Å². The summed E-state index contributed by atoms with van der Waals surface area (Å²) in [6.45, 7) is 6.34. The highest BCUT2D eigenvalue weighted by molar-refractivity contribution is 5.22. The molecular weight excluding hydrogens is 198 g/mol. The van der Waals surface area contributed by atoms with Crippen LogP contribution in [0.1, 0.15) is 31.7 Å². The minimum absolute atomic E-state index is 0.189. The van der Waals surface area contributed by atoms with Gasteiger partial charge >= 0.3 is 0 Å². The third-order valence-electron chi connectivity index (χ3n) is 3.49. The summed E-state index contributed by atoms with van der Waals surface area (Å²) >= 11 is 0. The first-order chi connectivity index (χ1) is 7.66. The summed E-state index contributed by atoms with van der Waals surface area (Å²) in [5.74, 6) is 0.692. The SMILES string of the molecule is CC(O)CC(C)N1CC(c2ccccc2)C1. The number of nitrogens with zero attached hydrogens (tertiary/aromatic N) is 1. The van der Waals surface area contributed by atoms with E-state index in [1.165, 1.54) is 5.56 Å². The van der Waals surface area contributed by atoms with Crippen molar-refractivity contribution in [2.45, 2.75) is 38.3 Å². The van der Waals surface area contributed by atoms with Crippen molar-refractivity contribution in [3.05, 3.63) is 35.9 Å². The highest BCUT2D eigenvalue weighted by Gasteiger charge is 2.31. The summed E-state index contributed by atoms with van der Waals surface area (Å²) in [4.78, 5) is 2.45. The zero-order valence-corrected chi connectivity index (χ0v) is 10.1. The smallest absolute Gasteiger partial charge is 0.0526 e. The van der Waals surface area contributed by atoms with Gasteiger partial charge in [-0.15, -0.1) is 0 Å². The maximum Gasteiger partial charge on any atom is 0.0526 e. The quantitative estimate of drug-likeness (QED) is 0.839. The lowest BCUT2D eigenvalue weighted by Gasteiger charge is -2.44. The Balaban J connectivity index is 1.82. The molecule has 2 unspecified atom stereocenters. The van der Waals surface area contributed by atoms with E-state index in [1.807, 2.05) is 6.92 Å². The third kappa shape index (κ3) is 2.63. The van der Waals surface area contributed by atoms with Crippen LogP contribution in [-0.2, 0) is 0 Å². The monoisotopic (exact) mass is 219 g/mol. The van der Waals surface area contributed by atoms with E-state index in [0.717, 1.165) is 19.5 Å². The molecule has 0 spiro atoms. The molecule has 1 aromatic rings. The molecule has 1 aliphatic rings. The normalized spacial score (nSPS) is 21.4. The van der Waals surface area contributed by atoms with E-state index in [9.17, 15) is 5.11 Å². The molecule has 88 valence electrons. The van der Waals surface area contributed by atoms with Crippen molar-refractivity contribution < 1.29 is 5.11 Å². The molecule has 1 aromatic carbocycles. The van der Waals surface area contributed by atoms with Gasteiger partial charge in [-0.3, -0.25) is 4.90 Å². The van der Waals surface area contributed by atoms with Crippen molar-refractivity contribution in [2.75, 3.05) is 13.1 Å². The summed E-state index contributed by atoms with van der Waals surface area (Å²) in [7, 11) is 0. The second-order valence-corrected chi connectivity index (χ2v) is 5.00. The van der Waals surface area contributed by atoms with Gasteiger partial charge in [0.2, 0.25) is 0 Å². The van der Waals surface area contributed by atoms with Crippen molar-refractivity contribution in [1.29, 1.82) is 0 Å². The Morgan fingerprint density at radius 1 is 1.25 bits per heavy atom. The van der Waals surface area contributed by atoms with Crippen LogP contribution in [0.25, 0.3) is 0 Å². The summed E-state index contributed by atoms with van der Waals surface area (Å²) in [6, 6.07) is 11.2. The Bertz CT molecular complexity index is 317. The number of hydrogen-bond donors (Lipinski definition) is 1. The Labute approximate surface area is 97.9 Å². The second kappa shape index (κ2) is 4.98. The predicted octanol–water partition coefficient (Wildman–Crippen LogP) is 2.25. The average Bonchev–Trinajstić information content (AvgIpc) is 2.15. The lowest BCUT2D eigenvalue weighted by Crippen LogP contribution is -2.50. The fourth-order valence-corrected chi connectivity index (χ4v) is 2.45. The van der Waals surface area contributed by atoms with Crippen molar-refractivity contribution in [3.8, 4) is 0 Å². The van der Waals surface area contributed by atoms with E-state index in [1.54, 1.807) is 0 Å². The van der Waals surface area contributed by atoms with Gasteiger partial charge in [0.05, 0.1) is 6.10 Å². The molecule has 2 atom stereocenters. The van der Waals surface area contributed by atoms with Gasteiger partial charge in [-0.05, 0) is 25.8 Å². The summed E-state index contributed by atoms with van der Waals surface area (Å²) in [6.07, 6.45) is 0.687. The van der Waals surface area contributed by atoms with Crippen LogP contribution in [0.3, 0.4) is 0 Å². The molecule has 16 heavy (non-hydrogen) atoms. The Morgan fingerprint density at radius 2 is 1.88 bits per heavy atom. The number of aliphatic hydroxyl groups is 1. The van der Waals surface area contributed by atoms with Crippen LogP contribution >= 0.6 is 0 Å². The maximum absolute atomic E-state index is 9.35. The number of benzene rings is 1. The molecule has 1 N–H and O–H groups in total. The van der Waals surface area contributed by atoms with E-state index in [0.29, 0.717) is 12.0 Å². The van der Waals surface area contributed by atoms with Gasteiger partial charge in [-0.25, -0.2) is 0 Å². The van der Waals surface area contributed by atoms with Crippen LogP contribution in [0.5, 0.6) is 0 Å². The molecule has 0 aliphatic carbocycles. The number of likely N-dealkylation sites (tertiary alicyclic amines) is 1. The summed E-state index contributed by atoms with van der Waals surface area (Å²) in [5.41, 5.74) is 1.45. The number of rotatable bonds is 4. The molecule has 2 heteroatoms. The van der Waals surface area contributed by atoms with Crippen molar-refractivity contribution in [2.24, 2.45) is 0 Å². The van der Waals surface area contributed by atoms with E-state index < -0.39 is 0 Å². The molecule has 1 aliphatic heterocycles. The highest BCUT2D eigenvalue weighted by Crippen LogP contribution is 2.29. The van der Waals surface area contributed by atoms with Crippen molar-refractivity contribution >= 4 is 0 Å². The second-order valence-electron chi connectivity index (χ2n) is 5.00. The fourth-order valence-electron chi connectivity index (χ4n) is 2.45. The standard InChI is InChI=1S/C14H21NO/c1-11(8-12(2)16)15-9-14(10-15)13-6-4-3-5-7-13/h3-7,11-12,14,16H,8-10H2,1-2H3. The van der Waals surface area contributed by atoms with Crippen LogP contribution in [-0.4, -0.2) is 35.2 Å². The molecule has 0 bridgehead atoms. The van der Waals surface area contributed by atoms with Gasteiger partial charge in [0, 0.05) is 25.0 Å². The van der Waals surface area contributed by atoms with E-state index >= 15 is 0 Å². The van der Waals surface area contributed by atoms with Crippen molar-refractivity contribution in [1.82, 2.24) is 4.90 Å². The molecule has 0 aromatic heterocycles. The van der Waals surface area contributed by atoms with Crippen LogP contribution in [0.4, 0.5) is 0 Å². The first-order valence-electron chi connectivity index (χ1n) is 6.14. The fraction of sp³-hybridized carbons (Fsp3) is 0.571. The van der Waals surface area contributed by atoms with Gasteiger partial charge < -0.3 is 5.11 Å². The lowest BCUT2D eigenvalue weighted by atomic mass is 9.89. The van der Waals surface area contributed by atoms with E-state index in [-0.39, 0.29) is 6.10 Å². The lowest BCUT2D eigenvalue weighted by molar-refractivity contribution is 0.0636. The average molecular weight is 219 g/mol. The van der Waals surface area contributed by atoms with E-state index in [4.69, 9.17) is 0 Å². The van der Waals surface area contributed by atoms with Crippen LogP contribution in [0.15, 0.2) is 30.3 Å². The molecule has 2 nitrogen and oxygen atoms in total. The molecule has 0 radical (unpaired) electrons. The largest absolute Gasteiger partial charge is 0.393 e.